The van der Waals surface area contributed by atoms with Gasteiger partial charge in [0.2, 0.25) is 0 Å². The number of hydrogen-bond donors (Lipinski definition) is 1. The van der Waals surface area contributed by atoms with E-state index in [0.717, 1.165) is 39.9 Å². The smallest absolute Gasteiger partial charge is 0.257 e. The van der Waals surface area contributed by atoms with Crippen LogP contribution >= 0.6 is 15.9 Å². The Balaban J connectivity index is 1.29. The number of carbonyl (C=O) groups excluding carboxylic acids is 1. The molecule has 0 bridgehead atoms. The zero-order valence-electron chi connectivity index (χ0n) is 15.7. The lowest BCUT2D eigenvalue weighted by molar-refractivity contribution is -0.123. The molecule has 2 heterocycles. The Morgan fingerprint density at radius 2 is 2.04 bits per heavy atom. The quantitative estimate of drug-likeness (QED) is 0.632. The Labute approximate surface area is 172 Å². The number of carbonyl (C=O) groups is 1. The number of ether oxygens (including phenoxy) is 1. The van der Waals surface area contributed by atoms with Crippen LogP contribution in [-0.2, 0) is 24.2 Å². The van der Waals surface area contributed by atoms with Crippen LogP contribution < -0.4 is 10.1 Å². The zero-order valence-corrected chi connectivity index (χ0v) is 17.2. The molecule has 0 radical (unpaired) electrons. The summed E-state index contributed by atoms with van der Waals surface area (Å²) in [6, 6.07) is 11.9. The molecule has 0 unspecified atom stereocenters. The van der Waals surface area contributed by atoms with Crippen molar-refractivity contribution in [2.24, 2.45) is 0 Å². The zero-order chi connectivity index (χ0) is 19.3. The molecule has 28 heavy (non-hydrogen) atoms. The first-order chi connectivity index (χ1) is 13.7. The van der Waals surface area contributed by atoms with Crippen molar-refractivity contribution in [3.05, 3.63) is 52.5 Å². The van der Waals surface area contributed by atoms with Crippen molar-refractivity contribution in [2.75, 3.05) is 13.2 Å². The van der Waals surface area contributed by atoms with Crippen molar-refractivity contribution < 1.29 is 9.53 Å². The van der Waals surface area contributed by atoms with Crippen LogP contribution in [0.25, 0.3) is 10.8 Å². The number of rotatable bonds is 6. The second-order valence-electron chi connectivity index (χ2n) is 6.98. The van der Waals surface area contributed by atoms with Crippen molar-refractivity contribution in [1.29, 1.82) is 0 Å². The molecular formula is C21H23BrN4O2. The van der Waals surface area contributed by atoms with Gasteiger partial charge >= 0.3 is 0 Å². The van der Waals surface area contributed by atoms with Crippen LogP contribution in [0.5, 0.6) is 5.75 Å². The lowest BCUT2D eigenvalue weighted by atomic mass is 10.1. The molecular weight excluding hydrogens is 420 g/mol. The minimum atomic E-state index is -0.143. The summed E-state index contributed by atoms with van der Waals surface area (Å²) in [6.07, 6.45) is 5.25. The van der Waals surface area contributed by atoms with Crippen molar-refractivity contribution >= 4 is 32.6 Å². The molecule has 0 fully saturated rings. The highest BCUT2D eigenvalue weighted by Crippen LogP contribution is 2.32. The molecule has 1 amide bonds. The molecule has 3 aromatic rings. The molecule has 2 aromatic carbocycles. The fraction of sp³-hybridized carbons (Fsp3) is 0.381. The second-order valence-corrected chi connectivity index (χ2v) is 7.78. The average Bonchev–Trinajstić information content (AvgIpc) is 2.94. The maximum absolute atomic E-state index is 12.2. The average molecular weight is 443 g/mol. The Morgan fingerprint density at radius 1 is 1.14 bits per heavy atom. The molecule has 0 saturated heterocycles. The van der Waals surface area contributed by atoms with E-state index in [-0.39, 0.29) is 12.5 Å². The van der Waals surface area contributed by atoms with Gasteiger partial charge in [0, 0.05) is 25.9 Å². The number of aromatic nitrogens is 3. The van der Waals surface area contributed by atoms with E-state index in [1.807, 2.05) is 36.4 Å². The summed E-state index contributed by atoms with van der Waals surface area (Å²) >= 11 is 3.58. The van der Waals surface area contributed by atoms with Crippen molar-refractivity contribution in [1.82, 2.24) is 20.1 Å². The van der Waals surface area contributed by atoms with Gasteiger partial charge in [0.15, 0.2) is 6.61 Å². The molecule has 6 nitrogen and oxygen atoms in total. The lowest BCUT2D eigenvalue weighted by Crippen LogP contribution is -2.31. The fourth-order valence-corrected chi connectivity index (χ4v) is 4.17. The number of halogens is 1. The number of amides is 1. The van der Waals surface area contributed by atoms with Crippen LogP contribution in [0.2, 0.25) is 0 Å². The highest BCUT2D eigenvalue weighted by Gasteiger charge is 2.15. The normalized spacial score (nSPS) is 13.8. The SMILES string of the molecule is O=C(COc1ccc2ccccc2c1Br)NCCc1nnc2n1CCCCC2. The van der Waals surface area contributed by atoms with Crippen LogP contribution in [0.3, 0.4) is 0 Å². The third kappa shape index (κ3) is 4.19. The summed E-state index contributed by atoms with van der Waals surface area (Å²) in [5.74, 6) is 2.55. The summed E-state index contributed by atoms with van der Waals surface area (Å²) in [7, 11) is 0. The van der Waals surface area contributed by atoms with E-state index in [9.17, 15) is 4.79 Å². The molecule has 0 aliphatic carbocycles. The molecule has 1 aliphatic rings. The summed E-state index contributed by atoms with van der Waals surface area (Å²) in [6.45, 7) is 1.48. The Hall–Kier alpha value is -2.41. The van der Waals surface area contributed by atoms with Crippen LogP contribution in [0, 0.1) is 0 Å². The van der Waals surface area contributed by atoms with Gasteiger partial charge in [-0.1, -0.05) is 36.8 Å². The van der Waals surface area contributed by atoms with E-state index >= 15 is 0 Å². The minimum absolute atomic E-state index is 0.0190. The van der Waals surface area contributed by atoms with Gasteiger partial charge in [0.25, 0.3) is 5.91 Å². The van der Waals surface area contributed by atoms with Gasteiger partial charge in [-0.15, -0.1) is 10.2 Å². The number of benzene rings is 2. The molecule has 4 rings (SSSR count). The van der Waals surface area contributed by atoms with E-state index in [2.05, 4.69) is 36.0 Å². The van der Waals surface area contributed by atoms with E-state index < -0.39 is 0 Å². The predicted octanol–water partition coefficient (Wildman–Crippen LogP) is 3.66. The number of aryl methyl sites for hydroxylation is 1. The third-order valence-electron chi connectivity index (χ3n) is 5.04. The molecule has 0 spiro atoms. The Morgan fingerprint density at radius 3 is 2.96 bits per heavy atom. The molecule has 1 N–H and O–H groups in total. The summed E-state index contributed by atoms with van der Waals surface area (Å²) in [5, 5.41) is 13.7. The van der Waals surface area contributed by atoms with Crippen LogP contribution in [0.15, 0.2) is 40.9 Å². The van der Waals surface area contributed by atoms with Gasteiger partial charge in [-0.3, -0.25) is 4.79 Å². The van der Waals surface area contributed by atoms with E-state index in [0.29, 0.717) is 18.7 Å². The largest absolute Gasteiger partial charge is 0.483 e. The fourth-order valence-electron chi connectivity index (χ4n) is 3.56. The van der Waals surface area contributed by atoms with E-state index in [1.54, 1.807) is 0 Å². The highest BCUT2D eigenvalue weighted by molar-refractivity contribution is 9.10. The van der Waals surface area contributed by atoms with Crippen molar-refractivity contribution in [2.45, 2.75) is 38.6 Å². The molecule has 0 atom stereocenters. The van der Waals surface area contributed by atoms with Gasteiger partial charge < -0.3 is 14.6 Å². The topological polar surface area (TPSA) is 69.0 Å². The monoisotopic (exact) mass is 442 g/mol. The second kappa shape index (κ2) is 8.73. The van der Waals surface area contributed by atoms with Gasteiger partial charge in [-0.05, 0) is 45.6 Å². The van der Waals surface area contributed by atoms with Gasteiger partial charge in [0.05, 0.1) is 4.47 Å². The number of nitrogens with zero attached hydrogens (tertiary/aromatic N) is 3. The van der Waals surface area contributed by atoms with E-state index in [1.165, 1.54) is 19.3 Å². The first-order valence-corrected chi connectivity index (χ1v) is 10.5. The molecule has 0 saturated carbocycles. The number of nitrogens with one attached hydrogen (secondary N) is 1. The Bertz CT molecular complexity index is 986. The van der Waals surface area contributed by atoms with Gasteiger partial charge in [0.1, 0.15) is 17.4 Å². The van der Waals surface area contributed by atoms with Crippen LogP contribution in [0.4, 0.5) is 0 Å². The molecule has 146 valence electrons. The number of fused-ring (bicyclic) bond motifs is 2. The van der Waals surface area contributed by atoms with Crippen molar-refractivity contribution in [3.63, 3.8) is 0 Å². The third-order valence-corrected chi connectivity index (χ3v) is 5.86. The maximum atomic E-state index is 12.2. The number of hydrogen-bond acceptors (Lipinski definition) is 4. The van der Waals surface area contributed by atoms with E-state index in [4.69, 9.17) is 4.74 Å². The highest BCUT2D eigenvalue weighted by atomic mass is 79.9. The Kier molecular flexibility index (Phi) is 5.90. The molecule has 1 aromatic heterocycles. The van der Waals surface area contributed by atoms with Gasteiger partial charge in [-0.25, -0.2) is 0 Å². The van der Waals surface area contributed by atoms with Gasteiger partial charge in [-0.2, -0.15) is 0 Å². The summed E-state index contributed by atoms with van der Waals surface area (Å²) < 4.78 is 8.78. The minimum Gasteiger partial charge on any atom is -0.483 e. The maximum Gasteiger partial charge on any atom is 0.257 e. The first-order valence-electron chi connectivity index (χ1n) is 9.70. The first kappa shape index (κ1) is 18.9. The standard InChI is InChI=1S/C21H23BrN4O2/c22-21-16-7-4-3-6-15(16)9-10-17(21)28-14-20(27)23-12-11-19-25-24-18-8-2-1-5-13-26(18)19/h3-4,6-7,9-10H,1-2,5,8,11-14H2,(H,23,27). The van der Waals surface area contributed by atoms with Crippen LogP contribution in [-0.4, -0.2) is 33.8 Å². The molecule has 7 heteroatoms. The van der Waals surface area contributed by atoms with Crippen LogP contribution in [0.1, 0.15) is 30.9 Å². The van der Waals surface area contributed by atoms with Crippen molar-refractivity contribution in [3.8, 4) is 5.75 Å². The summed E-state index contributed by atoms with van der Waals surface area (Å²) in [5.41, 5.74) is 0. The summed E-state index contributed by atoms with van der Waals surface area (Å²) in [4.78, 5) is 12.2. The molecule has 1 aliphatic heterocycles. The lowest BCUT2D eigenvalue weighted by Gasteiger charge is -2.11. The predicted molar refractivity (Wildman–Crippen MR) is 111 cm³/mol.